The van der Waals surface area contributed by atoms with Crippen molar-refractivity contribution in [1.82, 2.24) is 0 Å². The van der Waals surface area contributed by atoms with E-state index in [0.717, 1.165) is 30.6 Å². The first-order valence-electron chi connectivity index (χ1n) is 6.58. The molecule has 98 valence electrons. The molecule has 0 atom stereocenters. The number of ether oxygens (including phenoxy) is 2. The zero-order valence-corrected chi connectivity index (χ0v) is 11.1. The van der Waals surface area contributed by atoms with E-state index in [1.54, 1.807) is 0 Å². The van der Waals surface area contributed by atoms with E-state index in [9.17, 15) is 0 Å². The maximum atomic E-state index is 6.47. The Bertz CT molecular complexity index is 455. The summed E-state index contributed by atoms with van der Waals surface area (Å²) in [6, 6.07) is 3.96. The smallest absolute Gasteiger partial charge is 0.179 e. The zero-order valence-electron chi connectivity index (χ0n) is 10.4. The van der Waals surface area contributed by atoms with Gasteiger partial charge in [0.15, 0.2) is 11.5 Å². The predicted octanol–water partition coefficient (Wildman–Crippen LogP) is 3.23. The van der Waals surface area contributed by atoms with Crippen molar-refractivity contribution in [2.75, 3.05) is 13.2 Å². The molecule has 1 aromatic rings. The standard InChI is InChI=1S/C14H18ClNO2/c15-11-8-10(14(16)4-1-2-5-14)9-12-13(11)18-7-3-6-17-12/h8-9H,1-7,16H2. The number of halogens is 1. The van der Waals surface area contributed by atoms with Crippen LogP contribution in [0.15, 0.2) is 12.1 Å². The highest BCUT2D eigenvalue weighted by Crippen LogP contribution is 2.44. The number of hydrogen-bond acceptors (Lipinski definition) is 3. The molecule has 0 saturated heterocycles. The molecule has 2 N–H and O–H groups in total. The zero-order chi connectivity index (χ0) is 12.6. The summed E-state index contributed by atoms with van der Waals surface area (Å²) in [5.41, 5.74) is 7.30. The van der Waals surface area contributed by atoms with Gasteiger partial charge in [-0.3, -0.25) is 0 Å². The van der Waals surface area contributed by atoms with Crippen LogP contribution in [0.3, 0.4) is 0 Å². The number of rotatable bonds is 1. The highest BCUT2D eigenvalue weighted by atomic mass is 35.5. The van der Waals surface area contributed by atoms with Gasteiger partial charge in [0.05, 0.1) is 18.2 Å². The summed E-state index contributed by atoms with van der Waals surface area (Å²) >= 11 is 6.30. The third-order valence-corrected chi connectivity index (χ3v) is 4.15. The third kappa shape index (κ3) is 2.06. The summed E-state index contributed by atoms with van der Waals surface area (Å²) in [5, 5.41) is 0.612. The van der Waals surface area contributed by atoms with Gasteiger partial charge < -0.3 is 15.2 Å². The minimum absolute atomic E-state index is 0.242. The van der Waals surface area contributed by atoms with Crippen molar-refractivity contribution >= 4 is 11.6 Å². The number of fused-ring (bicyclic) bond motifs is 1. The van der Waals surface area contributed by atoms with Crippen molar-refractivity contribution < 1.29 is 9.47 Å². The second-order valence-electron chi connectivity index (χ2n) is 5.20. The Labute approximate surface area is 112 Å². The van der Waals surface area contributed by atoms with E-state index in [2.05, 4.69) is 0 Å². The summed E-state index contributed by atoms with van der Waals surface area (Å²) in [7, 11) is 0. The molecule has 4 heteroatoms. The summed E-state index contributed by atoms with van der Waals surface area (Å²) in [6.07, 6.45) is 5.28. The molecule has 18 heavy (non-hydrogen) atoms. The first kappa shape index (κ1) is 12.1. The molecule has 1 aliphatic carbocycles. The van der Waals surface area contributed by atoms with Crippen molar-refractivity contribution in [2.45, 2.75) is 37.6 Å². The second-order valence-corrected chi connectivity index (χ2v) is 5.61. The Kier molecular flexibility index (Phi) is 3.12. The topological polar surface area (TPSA) is 44.5 Å². The Morgan fingerprint density at radius 2 is 1.78 bits per heavy atom. The lowest BCUT2D eigenvalue weighted by Gasteiger charge is -2.25. The molecule has 1 saturated carbocycles. The summed E-state index contributed by atoms with van der Waals surface area (Å²) < 4.78 is 11.3. The molecule has 1 aliphatic heterocycles. The fourth-order valence-electron chi connectivity index (χ4n) is 2.81. The van der Waals surface area contributed by atoms with E-state index in [4.69, 9.17) is 26.8 Å². The van der Waals surface area contributed by atoms with Gasteiger partial charge in [0.2, 0.25) is 0 Å². The number of benzene rings is 1. The van der Waals surface area contributed by atoms with Crippen LogP contribution in [0.25, 0.3) is 0 Å². The maximum Gasteiger partial charge on any atom is 0.179 e. The van der Waals surface area contributed by atoms with Gasteiger partial charge in [0.25, 0.3) is 0 Å². The quantitative estimate of drug-likeness (QED) is 0.850. The molecular weight excluding hydrogens is 250 g/mol. The van der Waals surface area contributed by atoms with Gasteiger partial charge >= 0.3 is 0 Å². The molecule has 1 aromatic carbocycles. The van der Waals surface area contributed by atoms with E-state index in [0.29, 0.717) is 24.0 Å². The lowest BCUT2D eigenvalue weighted by molar-refractivity contribution is 0.296. The Morgan fingerprint density at radius 1 is 1.06 bits per heavy atom. The third-order valence-electron chi connectivity index (χ3n) is 3.87. The van der Waals surface area contributed by atoms with Gasteiger partial charge in [-0.05, 0) is 30.5 Å². The van der Waals surface area contributed by atoms with E-state index < -0.39 is 0 Å². The summed E-state index contributed by atoms with van der Waals surface area (Å²) in [6.45, 7) is 1.32. The molecule has 1 fully saturated rings. The molecule has 0 aromatic heterocycles. The molecule has 0 spiro atoms. The maximum absolute atomic E-state index is 6.47. The lowest BCUT2D eigenvalue weighted by Crippen LogP contribution is -2.33. The predicted molar refractivity (Wildman–Crippen MR) is 71.4 cm³/mol. The molecule has 0 unspecified atom stereocenters. The van der Waals surface area contributed by atoms with Crippen LogP contribution < -0.4 is 15.2 Å². The first-order valence-corrected chi connectivity index (χ1v) is 6.95. The molecule has 0 amide bonds. The fraction of sp³-hybridized carbons (Fsp3) is 0.571. The molecule has 1 heterocycles. The van der Waals surface area contributed by atoms with Crippen molar-refractivity contribution in [3.05, 3.63) is 22.7 Å². The van der Waals surface area contributed by atoms with E-state index in [-0.39, 0.29) is 5.54 Å². The van der Waals surface area contributed by atoms with Crippen molar-refractivity contribution in [3.63, 3.8) is 0 Å². The van der Waals surface area contributed by atoms with Crippen LogP contribution >= 0.6 is 11.6 Å². The van der Waals surface area contributed by atoms with Gasteiger partial charge in [-0.1, -0.05) is 24.4 Å². The van der Waals surface area contributed by atoms with Gasteiger partial charge in [-0.15, -0.1) is 0 Å². The normalized spacial score (nSPS) is 21.7. The van der Waals surface area contributed by atoms with Crippen LogP contribution in [0.1, 0.15) is 37.7 Å². The van der Waals surface area contributed by atoms with Crippen molar-refractivity contribution in [2.24, 2.45) is 5.73 Å². The SMILES string of the molecule is NC1(c2cc(Cl)c3c(c2)OCCCO3)CCCC1. The van der Waals surface area contributed by atoms with Gasteiger partial charge in [-0.25, -0.2) is 0 Å². The van der Waals surface area contributed by atoms with E-state index >= 15 is 0 Å². The van der Waals surface area contributed by atoms with Gasteiger partial charge in [0, 0.05) is 12.0 Å². The Morgan fingerprint density at radius 3 is 2.56 bits per heavy atom. The van der Waals surface area contributed by atoms with Crippen LogP contribution in [-0.2, 0) is 5.54 Å². The monoisotopic (exact) mass is 267 g/mol. The van der Waals surface area contributed by atoms with Gasteiger partial charge in [-0.2, -0.15) is 0 Å². The average Bonchev–Trinajstić information content (AvgIpc) is 2.66. The molecule has 2 aliphatic rings. The minimum Gasteiger partial charge on any atom is -0.489 e. The minimum atomic E-state index is -0.242. The van der Waals surface area contributed by atoms with Crippen molar-refractivity contribution in [3.8, 4) is 11.5 Å². The van der Waals surface area contributed by atoms with Gasteiger partial charge in [0.1, 0.15) is 0 Å². The summed E-state index contributed by atoms with van der Waals surface area (Å²) in [5.74, 6) is 1.41. The van der Waals surface area contributed by atoms with E-state index in [1.807, 2.05) is 12.1 Å². The highest BCUT2D eigenvalue weighted by Gasteiger charge is 2.33. The molecular formula is C14H18ClNO2. The number of nitrogens with two attached hydrogens (primary N) is 1. The fourth-order valence-corrected chi connectivity index (χ4v) is 3.08. The van der Waals surface area contributed by atoms with Crippen LogP contribution in [0.2, 0.25) is 5.02 Å². The molecule has 3 rings (SSSR count). The highest BCUT2D eigenvalue weighted by molar-refractivity contribution is 6.32. The van der Waals surface area contributed by atoms with Crippen LogP contribution in [0.4, 0.5) is 0 Å². The van der Waals surface area contributed by atoms with E-state index in [1.165, 1.54) is 12.8 Å². The van der Waals surface area contributed by atoms with Crippen LogP contribution in [-0.4, -0.2) is 13.2 Å². The molecule has 3 nitrogen and oxygen atoms in total. The Balaban J connectivity index is 2.02. The van der Waals surface area contributed by atoms with Crippen LogP contribution in [0.5, 0.6) is 11.5 Å². The first-order chi connectivity index (χ1) is 8.69. The molecule has 0 radical (unpaired) electrons. The largest absolute Gasteiger partial charge is 0.489 e. The average molecular weight is 268 g/mol. The second kappa shape index (κ2) is 4.63. The Hall–Kier alpha value is -0.930. The lowest BCUT2D eigenvalue weighted by atomic mass is 9.89. The van der Waals surface area contributed by atoms with Crippen molar-refractivity contribution in [1.29, 1.82) is 0 Å². The summed E-state index contributed by atoms with van der Waals surface area (Å²) in [4.78, 5) is 0. The molecule has 0 bridgehead atoms. The number of hydrogen-bond donors (Lipinski definition) is 1. The van der Waals surface area contributed by atoms with Crippen LogP contribution in [0, 0.1) is 0 Å².